The van der Waals surface area contributed by atoms with Gasteiger partial charge in [-0.25, -0.2) is 4.79 Å². The van der Waals surface area contributed by atoms with Crippen molar-refractivity contribution in [3.05, 3.63) is 22.8 Å². The quantitative estimate of drug-likeness (QED) is 0.244. The van der Waals surface area contributed by atoms with Crippen molar-refractivity contribution < 1.29 is 37.9 Å². The molecule has 4 aliphatic rings. The lowest BCUT2D eigenvalue weighted by Gasteiger charge is -2.69. The second-order valence-electron chi connectivity index (χ2n) is 13.0. The lowest BCUT2D eigenvalue weighted by molar-refractivity contribution is -0.234. The van der Waals surface area contributed by atoms with Gasteiger partial charge < -0.3 is 20.1 Å². The van der Waals surface area contributed by atoms with Gasteiger partial charge in [-0.1, -0.05) is 39.3 Å². The maximum absolute atomic E-state index is 12.8. The van der Waals surface area contributed by atoms with E-state index in [1.807, 2.05) is 0 Å². The highest BCUT2D eigenvalue weighted by molar-refractivity contribution is 5.88. The second-order valence-corrected chi connectivity index (χ2v) is 13.0. The van der Waals surface area contributed by atoms with Crippen LogP contribution in [0.15, 0.2) is 22.8 Å². The number of esters is 1. The van der Waals surface area contributed by atoms with E-state index in [4.69, 9.17) is 13.0 Å². The van der Waals surface area contributed by atoms with Crippen LogP contribution in [0, 0.1) is 39.9 Å². The molecular formula is C31H48O6. The average Bonchev–Trinajstić information content (AvgIpc) is 3.11. The molecule has 6 nitrogen and oxygen atoms in total. The molecule has 208 valence electrons. The molecule has 0 heterocycles. The van der Waals surface area contributed by atoms with Crippen LogP contribution in [0.1, 0.15) is 108 Å². The third-order valence-corrected chi connectivity index (χ3v) is 11.4. The number of hydrogen-bond donors (Lipinski definition) is 3. The van der Waals surface area contributed by atoms with Crippen molar-refractivity contribution in [3.63, 3.8) is 0 Å². The third-order valence-electron chi connectivity index (χ3n) is 11.4. The average molecular weight is 523 g/mol. The van der Waals surface area contributed by atoms with Crippen molar-refractivity contribution in [2.45, 2.75) is 118 Å². The molecule has 3 N–H and O–H groups in total. The van der Waals surface area contributed by atoms with E-state index in [1.165, 1.54) is 6.92 Å². The van der Waals surface area contributed by atoms with Crippen molar-refractivity contribution in [2.75, 3.05) is 0 Å². The van der Waals surface area contributed by atoms with Crippen LogP contribution in [0.4, 0.5) is 0 Å². The van der Waals surface area contributed by atoms with Crippen molar-refractivity contribution >= 4 is 11.9 Å². The van der Waals surface area contributed by atoms with Gasteiger partial charge in [-0.15, -0.1) is 0 Å². The van der Waals surface area contributed by atoms with Crippen LogP contribution in [-0.2, 0) is 14.3 Å². The molecule has 37 heavy (non-hydrogen) atoms. The minimum Gasteiger partial charge on any atom is -0.478 e. The van der Waals surface area contributed by atoms with Crippen molar-refractivity contribution in [1.82, 2.24) is 0 Å². The Hall–Kier alpha value is -1.66. The van der Waals surface area contributed by atoms with Crippen LogP contribution in [0.2, 0.25) is 0 Å². The molecule has 0 radical (unpaired) electrons. The summed E-state index contributed by atoms with van der Waals surface area (Å²) in [7, 11) is 0. The SMILES string of the molecule is [2H]C([2H])([2H])C(=CCC/C(C(=O)O)=C1/[C@H](OC(C)=O)C[C@@]2(C)[C@H]1C[C@@H](O)[C@H]1[C@@]3(C)CC[C@@H](O)[C@@H](C)[C@@H]3CC[C@@]12C)C([2H])([2H])[2H]. The van der Waals surface area contributed by atoms with E-state index in [0.29, 0.717) is 24.8 Å². The number of aliphatic carboxylic acids is 1. The van der Waals surface area contributed by atoms with Gasteiger partial charge in [0.2, 0.25) is 0 Å². The van der Waals surface area contributed by atoms with E-state index in [1.54, 1.807) is 0 Å². The lowest BCUT2D eigenvalue weighted by Crippen LogP contribution is -2.65. The molecular weight excluding hydrogens is 468 g/mol. The van der Waals surface area contributed by atoms with Gasteiger partial charge in [0, 0.05) is 20.7 Å². The molecule has 0 bridgehead atoms. The Bertz CT molecular complexity index is 1180. The van der Waals surface area contributed by atoms with Crippen LogP contribution in [0.3, 0.4) is 0 Å². The molecule has 0 aliphatic heterocycles. The summed E-state index contributed by atoms with van der Waals surface area (Å²) in [5, 5.41) is 33.1. The molecule has 4 fully saturated rings. The molecule has 0 saturated heterocycles. The zero-order valence-corrected chi connectivity index (χ0v) is 22.8. The molecule has 4 saturated carbocycles. The molecule has 10 atom stereocenters. The predicted octanol–water partition coefficient (Wildman–Crippen LogP) is 5.67. The van der Waals surface area contributed by atoms with Gasteiger partial charge in [0.15, 0.2) is 0 Å². The zero-order chi connectivity index (χ0) is 32.5. The number of ether oxygens (including phenoxy) is 1. The summed E-state index contributed by atoms with van der Waals surface area (Å²) in [5.41, 5.74) is -1.43. The van der Waals surface area contributed by atoms with Crippen LogP contribution in [-0.4, -0.2) is 45.6 Å². The number of rotatable bonds is 5. The molecule has 4 rings (SSSR count). The van der Waals surface area contributed by atoms with E-state index in [-0.39, 0.29) is 47.7 Å². The van der Waals surface area contributed by atoms with Crippen molar-refractivity contribution in [3.8, 4) is 0 Å². The Labute approximate surface area is 231 Å². The number of carboxylic acid groups (broad SMARTS) is 1. The Morgan fingerprint density at radius 3 is 2.43 bits per heavy atom. The van der Waals surface area contributed by atoms with Crippen molar-refractivity contribution in [2.24, 2.45) is 39.9 Å². The Morgan fingerprint density at radius 2 is 1.81 bits per heavy atom. The van der Waals surface area contributed by atoms with E-state index < -0.39 is 60.2 Å². The summed E-state index contributed by atoms with van der Waals surface area (Å²) < 4.78 is 51.7. The van der Waals surface area contributed by atoms with E-state index in [2.05, 4.69) is 27.7 Å². The standard InChI is InChI=1S/C31H48O6/c1-17(2)9-8-10-20(28(35)36)26-22-15-24(34)27-29(5)13-12-23(33)18(3)21(29)11-14-30(27,6)31(22,7)16-25(26)37-19(4)32/h9,18,21-25,27,33-34H,8,10-16H2,1-7H3,(H,35,36)/b26-20-/t18-,21-,22-,23+,24+,25+,27-,29-,30-,31-/m0/s1/i1D3,2D3. The van der Waals surface area contributed by atoms with Gasteiger partial charge >= 0.3 is 11.9 Å². The van der Waals surface area contributed by atoms with E-state index >= 15 is 0 Å². The van der Waals surface area contributed by atoms with Gasteiger partial charge in [-0.3, -0.25) is 4.79 Å². The first-order valence-electron chi connectivity index (χ1n) is 16.8. The molecule has 0 amide bonds. The first-order chi connectivity index (χ1) is 19.6. The first-order valence-corrected chi connectivity index (χ1v) is 13.8. The Balaban J connectivity index is 1.80. The lowest BCUT2D eigenvalue weighted by atomic mass is 9.36. The van der Waals surface area contributed by atoms with Gasteiger partial charge in [0.25, 0.3) is 0 Å². The number of aliphatic hydroxyl groups is 2. The third kappa shape index (κ3) is 4.40. The smallest absolute Gasteiger partial charge is 0.331 e. The number of fused-ring (bicyclic) bond motifs is 5. The topological polar surface area (TPSA) is 104 Å². The summed E-state index contributed by atoms with van der Waals surface area (Å²) in [6, 6.07) is 0. The van der Waals surface area contributed by atoms with Crippen LogP contribution < -0.4 is 0 Å². The highest BCUT2D eigenvalue weighted by atomic mass is 16.5. The number of carbonyl (C=O) groups is 2. The second kappa shape index (κ2) is 9.82. The minimum absolute atomic E-state index is 0.0183. The van der Waals surface area contributed by atoms with Crippen LogP contribution >= 0.6 is 0 Å². The Kier molecular flexibility index (Phi) is 5.63. The van der Waals surface area contributed by atoms with Gasteiger partial charge in [0.05, 0.1) is 12.2 Å². The van der Waals surface area contributed by atoms with E-state index in [0.717, 1.165) is 25.3 Å². The number of hydrogen-bond acceptors (Lipinski definition) is 5. The number of allylic oxidation sites excluding steroid dienone is 2. The fourth-order valence-corrected chi connectivity index (χ4v) is 9.64. The molecule has 6 heteroatoms. The molecule has 0 spiro atoms. The molecule has 4 aliphatic carbocycles. The summed E-state index contributed by atoms with van der Waals surface area (Å²) >= 11 is 0. The summed E-state index contributed by atoms with van der Waals surface area (Å²) in [4.78, 5) is 25.1. The normalized spacial score (nSPS) is 49.3. The summed E-state index contributed by atoms with van der Waals surface area (Å²) in [5.74, 6) is -1.92. The maximum atomic E-state index is 12.8. The Morgan fingerprint density at radius 1 is 1.11 bits per heavy atom. The predicted molar refractivity (Wildman–Crippen MR) is 143 cm³/mol. The number of carboxylic acids is 1. The van der Waals surface area contributed by atoms with Gasteiger partial charge in [-0.05, 0) is 111 Å². The van der Waals surface area contributed by atoms with Crippen molar-refractivity contribution in [1.29, 1.82) is 0 Å². The fourth-order valence-electron chi connectivity index (χ4n) is 9.64. The molecule has 0 aromatic carbocycles. The van der Waals surface area contributed by atoms with Crippen LogP contribution in [0.5, 0.6) is 0 Å². The summed E-state index contributed by atoms with van der Waals surface area (Å²) in [6.45, 7) is 4.24. The largest absolute Gasteiger partial charge is 0.478 e. The van der Waals surface area contributed by atoms with Crippen LogP contribution in [0.25, 0.3) is 0 Å². The molecule has 0 aromatic heterocycles. The number of aliphatic hydroxyl groups excluding tert-OH is 2. The maximum Gasteiger partial charge on any atom is 0.331 e. The van der Waals surface area contributed by atoms with E-state index in [9.17, 15) is 24.9 Å². The van der Waals surface area contributed by atoms with Gasteiger partial charge in [0.1, 0.15) is 6.10 Å². The molecule has 0 unspecified atom stereocenters. The first kappa shape index (κ1) is 21.2. The fraction of sp³-hybridized carbons (Fsp3) is 0.806. The molecule has 0 aromatic rings. The highest BCUT2D eigenvalue weighted by Crippen LogP contribution is 2.74. The van der Waals surface area contributed by atoms with Gasteiger partial charge in [-0.2, -0.15) is 0 Å². The number of carbonyl (C=O) groups excluding carboxylic acids is 1. The minimum atomic E-state index is -2.85. The monoisotopic (exact) mass is 522 g/mol. The highest BCUT2D eigenvalue weighted by Gasteiger charge is 2.70. The zero-order valence-electron chi connectivity index (χ0n) is 28.8. The summed E-state index contributed by atoms with van der Waals surface area (Å²) in [6.07, 6.45) is 2.69.